The maximum Gasteiger partial charge on any atom is 0.251 e. The molecule has 0 radical (unpaired) electrons. The van der Waals surface area contributed by atoms with Crippen molar-refractivity contribution in [1.29, 1.82) is 0 Å². The molecule has 0 aliphatic carbocycles. The van der Waals surface area contributed by atoms with E-state index in [4.69, 9.17) is 11.6 Å². The molecule has 0 bridgehead atoms. The molecule has 0 unspecified atom stereocenters. The normalized spacial score (nSPS) is 12.0. The van der Waals surface area contributed by atoms with E-state index in [2.05, 4.69) is 37.4 Å². The third-order valence-corrected chi connectivity index (χ3v) is 3.56. The minimum Gasteiger partial charge on any atom is -0.346 e. The largest absolute Gasteiger partial charge is 0.346 e. The summed E-state index contributed by atoms with van der Waals surface area (Å²) in [4.78, 5) is 12.2. The zero-order valence-corrected chi connectivity index (χ0v) is 12.7. The van der Waals surface area contributed by atoms with Crippen molar-refractivity contribution in [2.75, 3.05) is 0 Å². The van der Waals surface area contributed by atoms with Gasteiger partial charge in [-0.15, -0.1) is 0 Å². The molecule has 0 saturated heterocycles. The molecule has 1 N–H and O–H groups in total. The summed E-state index contributed by atoms with van der Waals surface area (Å²) in [5.74, 6) is -0.111. The van der Waals surface area contributed by atoms with Gasteiger partial charge in [0, 0.05) is 10.6 Å². The van der Waals surface area contributed by atoms with E-state index < -0.39 is 0 Å². The van der Waals surface area contributed by atoms with Crippen LogP contribution in [0.2, 0.25) is 5.02 Å². The minimum absolute atomic E-state index is 0.0397. The second-order valence-corrected chi connectivity index (χ2v) is 5.50. The number of halogens is 1. The monoisotopic (exact) mass is 287 g/mol. The maximum absolute atomic E-state index is 12.2. The van der Waals surface area contributed by atoms with E-state index in [0.29, 0.717) is 10.6 Å². The Morgan fingerprint density at radius 3 is 2.55 bits per heavy atom. The summed E-state index contributed by atoms with van der Waals surface area (Å²) in [6.45, 7) is 6.11. The molecule has 2 aromatic rings. The second kappa shape index (κ2) is 6.10. The summed E-state index contributed by atoms with van der Waals surface area (Å²) in [6, 6.07) is 13.2. The lowest BCUT2D eigenvalue weighted by molar-refractivity contribution is 0.0940. The van der Waals surface area contributed by atoms with Crippen molar-refractivity contribution < 1.29 is 4.79 Å². The van der Waals surface area contributed by atoms with Gasteiger partial charge in [0.1, 0.15) is 0 Å². The zero-order chi connectivity index (χ0) is 14.7. The maximum atomic E-state index is 12.2. The molecule has 2 nitrogen and oxygen atoms in total. The van der Waals surface area contributed by atoms with Crippen molar-refractivity contribution in [3.8, 4) is 0 Å². The summed E-state index contributed by atoms with van der Waals surface area (Å²) in [6.07, 6.45) is 0. The van der Waals surface area contributed by atoms with E-state index in [1.54, 1.807) is 24.3 Å². The fourth-order valence-electron chi connectivity index (χ4n) is 2.30. The quantitative estimate of drug-likeness (QED) is 0.888. The lowest BCUT2D eigenvalue weighted by Gasteiger charge is -2.17. The average molecular weight is 288 g/mol. The molecule has 2 aromatic carbocycles. The molecule has 1 atom stereocenters. The molecule has 1 amide bonds. The Kier molecular flexibility index (Phi) is 4.46. The van der Waals surface area contributed by atoms with Crippen LogP contribution in [0.15, 0.2) is 42.5 Å². The first-order valence-corrected chi connectivity index (χ1v) is 6.99. The lowest BCUT2D eigenvalue weighted by atomic mass is 10.00. The lowest BCUT2D eigenvalue weighted by Crippen LogP contribution is -2.27. The van der Waals surface area contributed by atoms with E-state index in [1.807, 2.05) is 6.92 Å². The van der Waals surface area contributed by atoms with E-state index in [9.17, 15) is 4.79 Å². The van der Waals surface area contributed by atoms with Gasteiger partial charge in [-0.05, 0) is 50.1 Å². The number of amides is 1. The molecule has 0 aromatic heterocycles. The van der Waals surface area contributed by atoms with Crippen molar-refractivity contribution >= 4 is 17.5 Å². The Morgan fingerprint density at radius 2 is 1.90 bits per heavy atom. The Bertz CT molecular complexity index is 637. The van der Waals surface area contributed by atoms with Gasteiger partial charge in [0.25, 0.3) is 5.91 Å². The van der Waals surface area contributed by atoms with Crippen LogP contribution in [0.3, 0.4) is 0 Å². The first-order chi connectivity index (χ1) is 9.47. The molecule has 0 saturated carbocycles. The molecule has 2 rings (SSSR count). The van der Waals surface area contributed by atoms with Crippen LogP contribution in [0.4, 0.5) is 0 Å². The van der Waals surface area contributed by atoms with Gasteiger partial charge in [-0.1, -0.05) is 41.4 Å². The number of hydrogen-bond acceptors (Lipinski definition) is 1. The fraction of sp³-hybridized carbons (Fsp3) is 0.235. The van der Waals surface area contributed by atoms with Crippen LogP contribution in [0.1, 0.15) is 40.0 Å². The van der Waals surface area contributed by atoms with Crippen molar-refractivity contribution in [1.82, 2.24) is 5.32 Å². The number of aryl methyl sites for hydroxylation is 2. The highest BCUT2D eigenvalue weighted by Crippen LogP contribution is 2.19. The molecule has 0 fully saturated rings. The summed E-state index contributed by atoms with van der Waals surface area (Å²) >= 11 is 5.91. The van der Waals surface area contributed by atoms with E-state index in [0.717, 1.165) is 5.56 Å². The van der Waals surface area contributed by atoms with Crippen LogP contribution in [0, 0.1) is 13.8 Å². The van der Waals surface area contributed by atoms with Crippen LogP contribution in [-0.2, 0) is 0 Å². The van der Waals surface area contributed by atoms with Gasteiger partial charge < -0.3 is 5.32 Å². The summed E-state index contributed by atoms with van der Waals surface area (Å²) in [5, 5.41) is 3.57. The smallest absolute Gasteiger partial charge is 0.251 e. The van der Waals surface area contributed by atoms with Crippen LogP contribution in [0.5, 0.6) is 0 Å². The Morgan fingerprint density at radius 1 is 1.15 bits per heavy atom. The topological polar surface area (TPSA) is 29.1 Å². The van der Waals surface area contributed by atoms with Crippen molar-refractivity contribution in [3.63, 3.8) is 0 Å². The number of carbonyl (C=O) groups is 1. The van der Waals surface area contributed by atoms with Crippen LogP contribution in [-0.4, -0.2) is 5.91 Å². The highest BCUT2D eigenvalue weighted by molar-refractivity contribution is 6.30. The van der Waals surface area contributed by atoms with Crippen LogP contribution in [0.25, 0.3) is 0 Å². The third kappa shape index (κ3) is 3.40. The first kappa shape index (κ1) is 14.6. The summed E-state index contributed by atoms with van der Waals surface area (Å²) in [7, 11) is 0. The predicted octanol–water partition coefficient (Wildman–Crippen LogP) is 4.45. The van der Waals surface area contributed by atoms with Crippen LogP contribution >= 0.6 is 11.6 Å². The fourth-order valence-corrected chi connectivity index (χ4v) is 2.49. The molecule has 0 aliphatic heterocycles. The molecule has 0 spiro atoms. The summed E-state index contributed by atoms with van der Waals surface area (Å²) in [5.41, 5.74) is 4.11. The molecule has 104 valence electrons. The first-order valence-electron chi connectivity index (χ1n) is 6.61. The second-order valence-electron chi connectivity index (χ2n) is 5.07. The molecular weight excluding hydrogens is 270 g/mol. The van der Waals surface area contributed by atoms with Gasteiger partial charge in [-0.25, -0.2) is 0 Å². The molecule has 20 heavy (non-hydrogen) atoms. The highest BCUT2D eigenvalue weighted by Gasteiger charge is 2.13. The number of hydrogen-bond donors (Lipinski definition) is 1. The van der Waals surface area contributed by atoms with Crippen molar-refractivity contribution in [3.05, 3.63) is 69.7 Å². The predicted molar refractivity (Wildman–Crippen MR) is 83.2 cm³/mol. The van der Waals surface area contributed by atoms with E-state index >= 15 is 0 Å². The van der Waals surface area contributed by atoms with Gasteiger partial charge in [0.05, 0.1) is 6.04 Å². The molecule has 3 heteroatoms. The minimum atomic E-state index is -0.111. The standard InChI is InChI=1S/C17H18ClNO/c1-11-7-8-16(12(2)9-11)13(3)19-17(20)14-5-4-6-15(18)10-14/h4-10,13H,1-3H3,(H,19,20)/t13-/m0/s1. The Labute approximate surface area is 124 Å². The van der Waals surface area contributed by atoms with Gasteiger partial charge >= 0.3 is 0 Å². The number of benzene rings is 2. The molecular formula is C17H18ClNO. The number of rotatable bonds is 3. The Balaban J connectivity index is 2.15. The van der Waals surface area contributed by atoms with Crippen molar-refractivity contribution in [2.45, 2.75) is 26.8 Å². The SMILES string of the molecule is Cc1ccc([C@H](C)NC(=O)c2cccc(Cl)c2)c(C)c1. The molecule has 0 aliphatic rings. The zero-order valence-electron chi connectivity index (χ0n) is 11.9. The Hall–Kier alpha value is -1.80. The number of nitrogens with one attached hydrogen (secondary N) is 1. The number of carbonyl (C=O) groups excluding carboxylic acids is 1. The average Bonchev–Trinajstić information content (AvgIpc) is 2.38. The van der Waals surface area contributed by atoms with Gasteiger partial charge in [0.2, 0.25) is 0 Å². The summed E-state index contributed by atoms with van der Waals surface area (Å²) < 4.78 is 0. The third-order valence-electron chi connectivity index (χ3n) is 3.33. The van der Waals surface area contributed by atoms with Crippen molar-refractivity contribution in [2.24, 2.45) is 0 Å². The van der Waals surface area contributed by atoms with E-state index in [1.165, 1.54) is 11.1 Å². The van der Waals surface area contributed by atoms with Crippen LogP contribution < -0.4 is 5.32 Å². The van der Waals surface area contributed by atoms with Gasteiger partial charge in [-0.2, -0.15) is 0 Å². The van der Waals surface area contributed by atoms with Gasteiger partial charge in [-0.3, -0.25) is 4.79 Å². The van der Waals surface area contributed by atoms with E-state index in [-0.39, 0.29) is 11.9 Å². The molecule has 0 heterocycles. The van der Waals surface area contributed by atoms with Gasteiger partial charge in [0.15, 0.2) is 0 Å². The highest BCUT2D eigenvalue weighted by atomic mass is 35.5.